The molecule has 1 aliphatic heterocycles. The molecule has 0 bridgehead atoms. The maximum atomic E-state index is 12.3. The van der Waals surface area contributed by atoms with E-state index in [9.17, 15) is 14.4 Å². The number of benzene rings is 1. The van der Waals surface area contributed by atoms with Crippen LogP contribution in [0.3, 0.4) is 0 Å². The van der Waals surface area contributed by atoms with E-state index < -0.39 is 23.9 Å². The first-order chi connectivity index (χ1) is 9.61. The van der Waals surface area contributed by atoms with Crippen LogP contribution in [0.1, 0.15) is 13.8 Å². The van der Waals surface area contributed by atoms with Crippen molar-refractivity contribution in [3.8, 4) is 0 Å². The summed E-state index contributed by atoms with van der Waals surface area (Å²) >= 11 is 0. The van der Waals surface area contributed by atoms with Crippen LogP contribution in [0.15, 0.2) is 30.3 Å². The van der Waals surface area contributed by atoms with Gasteiger partial charge in [0.1, 0.15) is 0 Å². The average molecular weight is 276 g/mol. The van der Waals surface area contributed by atoms with Gasteiger partial charge in [0.25, 0.3) is 5.91 Å². The fourth-order valence-electron chi connectivity index (χ4n) is 2.16. The number of amides is 3. The zero-order valence-electron chi connectivity index (χ0n) is 11.4. The summed E-state index contributed by atoms with van der Waals surface area (Å²) in [5.41, 5.74) is 0.500. The third-order valence-electron chi connectivity index (χ3n) is 3.06. The van der Waals surface area contributed by atoms with Crippen molar-refractivity contribution >= 4 is 23.6 Å². The van der Waals surface area contributed by atoms with Gasteiger partial charge >= 0.3 is 12.0 Å². The lowest BCUT2D eigenvalue weighted by atomic mass is 10.2. The van der Waals surface area contributed by atoms with Crippen molar-refractivity contribution in [3.05, 3.63) is 30.3 Å². The van der Waals surface area contributed by atoms with E-state index in [-0.39, 0.29) is 13.2 Å². The second-order valence-corrected chi connectivity index (χ2v) is 4.23. The highest BCUT2D eigenvalue weighted by Gasteiger charge is 2.50. The lowest BCUT2D eigenvalue weighted by Crippen LogP contribution is -2.42. The van der Waals surface area contributed by atoms with Crippen molar-refractivity contribution in [2.75, 3.05) is 18.1 Å². The number of imide groups is 1. The highest BCUT2D eigenvalue weighted by atomic mass is 16.5. The quantitative estimate of drug-likeness (QED) is 0.474. The van der Waals surface area contributed by atoms with Crippen LogP contribution in [0, 0.1) is 0 Å². The molecular weight excluding hydrogens is 260 g/mol. The minimum Gasteiger partial charge on any atom is -0.464 e. The first-order valence-electron chi connectivity index (χ1n) is 6.48. The monoisotopic (exact) mass is 276 g/mol. The van der Waals surface area contributed by atoms with Crippen molar-refractivity contribution in [3.63, 3.8) is 0 Å². The molecule has 0 aromatic heterocycles. The largest absolute Gasteiger partial charge is 0.464 e. The normalized spacial score (nSPS) is 18.6. The molecule has 1 aromatic rings. The molecule has 0 radical (unpaired) electrons. The third kappa shape index (κ3) is 2.24. The van der Waals surface area contributed by atoms with Gasteiger partial charge in [-0.05, 0) is 26.0 Å². The number of urea groups is 1. The Hall–Kier alpha value is -2.37. The number of ether oxygens (including phenoxy) is 1. The Balaban J connectivity index is 2.42. The van der Waals surface area contributed by atoms with Crippen LogP contribution in [-0.4, -0.2) is 42.0 Å². The SMILES string of the molecule is CCOC(=O)C1C(=O)N(CC)C(=O)N1c1ccccc1. The number of rotatable bonds is 4. The van der Waals surface area contributed by atoms with Gasteiger partial charge in [0.2, 0.25) is 6.04 Å². The number of nitrogens with zero attached hydrogens (tertiary/aromatic N) is 2. The molecule has 2 rings (SSSR count). The van der Waals surface area contributed by atoms with Crippen molar-refractivity contribution < 1.29 is 19.1 Å². The van der Waals surface area contributed by atoms with Crippen LogP contribution in [-0.2, 0) is 14.3 Å². The molecule has 1 aromatic carbocycles. The number of carbonyl (C=O) groups is 3. The molecule has 3 amide bonds. The average Bonchev–Trinajstić information content (AvgIpc) is 2.71. The Morgan fingerprint density at radius 2 is 1.85 bits per heavy atom. The van der Waals surface area contributed by atoms with Crippen LogP contribution < -0.4 is 4.90 Å². The molecule has 0 spiro atoms. The van der Waals surface area contributed by atoms with Crippen molar-refractivity contribution in [2.24, 2.45) is 0 Å². The molecule has 6 nitrogen and oxygen atoms in total. The Bertz CT molecular complexity index is 529. The van der Waals surface area contributed by atoms with Crippen LogP contribution in [0.25, 0.3) is 0 Å². The van der Waals surface area contributed by atoms with Gasteiger partial charge in [-0.15, -0.1) is 0 Å². The van der Waals surface area contributed by atoms with E-state index in [4.69, 9.17) is 4.74 Å². The summed E-state index contributed by atoms with van der Waals surface area (Å²) in [6.45, 7) is 3.72. The summed E-state index contributed by atoms with van der Waals surface area (Å²) in [7, 11) is 0. The number of carbonyl (C=O) groups excluding carboxylic acids is 3. The first kappa shape index (κ1) is 14.0. The molecule has 1 unspecified atom stereocenters. The molecule has 0 N–H and O–H groups in total. The molecule has 1 saturated heterocycles. The minimum absolute atomic E-state index is 0.158. The van der Waals surface area contributed by atoms with Gasteiger partial charge < -0.3 is 4.74 Å². The van der Waals surface area contributed by atoms with E-state index in [2.05, 4.69) is 0 Å². The fourth-order valence-corrected chi connectivity index (χ4v) is 2.16. The molecular formula is C14H16N2O4. The zero-order chi connectivity index (χ0) is 14.7. The zero-order valence-corrected chi connectivity index (χ0v) is 11.4. The molecule has 20 heavy (non-hydrogen) atoms. The predicted molar refractivity (Wildman–Crippen MR) is 72.1 cm³/mol. The fraction of sp³-hybridized carbons (Fsp3) is 0.357. The molecule has 1 heterocycles. The van der Waals surface area contributed by atoms with Gasteiger partial charge in [0, 0.05) is 12.2 Å². The molecule has 6 heteroatoms. The first-order valence-corrected chi connectivity index (χ1v) is 6.48. The number of hydrogen-bond donors (Lipinski definition) is 0. The van der Waals surface area contributed by atoms with Gasteiger partial charge in [0.05, 0.1) is 6.61 Å². The smallest absolute Gasteiger partial charge is 0.339 e. The van der Waals surface area contributed by atoms with Gasteiger partial charge in [-0.2, -0.15) is 0 Å². The minimum atomic E-state index is -1.23. The number of para-hydroxylation sites is 1. The molecule has 0 saturated carbocycles. The maximum Gasteiger partial charge on any atom is 0.339 e. The van der Waals surface area contributed by atoms with Crippen LogP contribution in [0.5, 0.6) is 0 Å². The number of anilines is 1. The van der Waals surface area contributed by atoms with Crippen molar-refractivity contribution in [1.29, 1.82) is 0 Å². The summed E-state index contributed by atoms with van der Waals surface area (Å²) in [5, 5.41) is 0. The lowest BCUT2D eigenvalue weighted by molar-refractivity contribution is -0.148. The lowest BCUT2D eigenvalue weighted by Gasteiger charge is -2.20. The van der Waals surface area contributed by atoms with Gasteiger partial charge in [-0.3, -0.25) is 14.6 Å². The molecule has 1 aliphatic rings. The Morgan fingerprint density at radius 3 is 2.40 bits per heavy atom. The Labute approximate surface area is 116 Å². The number of esters is 1. The summed E-state index contributed by atoms with van der Waals surface area (Å²) in [6.07, 6.45) is 0. The van der Waals surface area contributed by atoms with E-state index in [1.807, 2.05) is 0 Å². The topological polar surface area (TPSA) is 66.9 Å². The van der Waals surface area contributed by atoms with E-state index in [1.165, 1.54) is 4.90 Å². The van der Waals surface area contributed by atoms with E-state index in [0.29, 0.717) is 5.69 Å². The second kappa shape index (κ2) is 5.73. The summed E-state index contributed by atoms with van der Waals surface area (Å²) < 4.78 is 4.91. The molecule has 1 atom stereocenters. The highest BCUT2D eigenvalue weighted by molar-refractivity contribution is 6.22. The van der Waals surface area contributed by atoms with Gasteiger partial charge in [-0.25, -0.2) is 9.59 Å². The van der Waals surface area contributed by atoms with Crippen molar-refractivity contribution in [1.82, 2.24) is 4.90 Å². The van der Waals surface area contributed by atoms with Crippen LogP contribution >= 0.6 is 0 Å². The molecule has 106 valence electrons. The molecule has 1 fully saturated rings. The standard InChI is InChI=1S/C14H16N2O4/c1-3-15-12(17)11(13(18)20-4-2)16(14(15)19)10-8-6-5-7-9-10/h5-9,11H,3-4H2,1-2H3. The maximum absolute atomic E-state index is 12.3. The van der Waals surface area contributed by atoms with Crippen molar-refractivity contribution in [2.45, 2.75) is 19.9 Å². The number of hydrogen-bond acceptors (Lipinski definition) is 4. The van der Waals surface area contributed by atoms with E-state index in [0.717, 1.165) is 4.90 Å². The van der Waals surface area contributed by atoms with Crippen LogP contribution in [0.2, 0.25) is 0 Å². The Morgan fingerprint density at radius 1 is 1.20 bits per heavy atom. The predicted octanol–water partition coefficient (Wildman–Crippen LogP) is 1.41. The summed E-state index contributed by atoms with van der Waals surface area (Å²) in [4.78, 5) is 38.7. The van der Waals surface area contributed by atoms with E-state index in [1.54, 1.807) is 44.2 Å². The Kier molecular flexibility index (Phi) is 4.02. The third-order valence-corrected chi connectivity index (χ3v) is 3.06. The highest BCUT2D eigenvalue weighted by Crippen LogP contribution is 2.26. The molecule has 0 aliphatic carbocycles. The van der Waals surface area contributed by atoms with Gasteiger partial charge in [0.15, 0.2) is 0 Å². The van der Waals surface area contributed by atoms with E-state index >= 15 is 0 Å². The number of likely N-dealkylation sites (N-methyl/N-ethyl adjacent to an activating group) is 1. The van der Waals surface area contributed by atoms with Gasteiger partial charge in [-0.1, -0.05) is 18.2 Å². The second-order valence-electron chi connectivity index (χ2n) is 4.23. The summed E-state index contributed by atoms with van der Waals surface area (Å²) in [5.74, 6) is -1.24. The summed E-state index contributed by atoms with van der Waals surface area (Å²) in [6, 6.07) is 6.90. The van der Waals surface area contributed by atoms with Crippen LogP contribution in [0.4, 0.5) is 10.5 Å².